The van der Waals surface area contributed by atoms with Gasteiger partial charge in [0, 0.05) is 13.0 Å². The van der Waals surface area contributed by atoms with Gasteiger partial charge in [0.25, 0.3) is 5.91 Å². The number of nitrogens with one attached hydrogen (secondary N) is 1. The Kier molecular flexibility index (Phi) is 5.35. The van der Waals surface area contributed by atoms with Crippen molar-refractivity contribution in [3.05, 3.63) is 17.8 Å². The van der Waals surface area contributed by atoms with E-state index >= 15 is 0 Å². The molecular formula is C12H18N2O4. The Bertz CT molecular complexity index is 414. The Hall–Kier alpha value is -1.85. The highest BCUT2D eigenvalue weighted by atomic mass is 16.4. The summed E-state index contributed by atoms with van der Waals surface area (Å²) in [6.45, 7) is 4.17. The van der Waals surface area contributed by atoms with E-state index in [0.29, 0.717) is 18.7 Å². The second kappa shape index (κ2) is 6.78. The van der Waals surface area contributed by atoms with Gasteiger partial charge in [-0.25, -0.2) is 4.98 Å². The van der Waals surface area contributed by atoms with Crippen LogP contribution in [0.4, 0.5) is 0 Å². The number of amides is 1. The van der Waals surface area contributed by atoms with Crippen LogP contribution in [0.15, 0.2) is 10.8 Å². The second-order valence-corrected chi connectivity index (χ2v) is 4.35. The molecule has 0 saturated heterocycles. The van der Waals surface area contributed by atoms with E-state index in [1.807, 2.05) is 6.92 Å². The van der Waals surface area contributed by atoms with Crippen LogP contribution in [0.1, 0.15) is 42.4 Å². The fraction of sp³-hybridized carbons (Fsp3) is 0.583. The summed E-state index contributed by atoms with van der Waals surface area (Å²) in [5.74, 6) is -0.580. The minimum absolute atomic E-state index is 0.163. The molecule has 100 valence electrons. The number of aliphatic carboxylic acids is 1. The quantitative estimate of drug-likeness (QED) is 0.771. The van der Waals surface area contributed by atoms with E-state index in [9.17, 15) is 9.59 Å². The molecule has 1 heterocycles. The second-order valence-electron chi connectivity index (χ2n) is 4.35. The Morgan fingerprint density at radius 2 is 2.22 bits per heavy atom. The van der Waals surface area contributed by atoms with Gasteiger partial charge in [0.2, 0.25) is 5.76 Å². The smallest absolute Gasteiger partial charge is 0.303 e. The van der Waals surface area contributed by atoms with E-state index in [0.717, 1.165) is 6.42 Å². The van der Waals surface area contributed by atoms with Crippen LogP contribution in [0.2, 0.25) is 0 Å². The third kappa shape index (κ3) is 4.57. The summed E-state index contributed by atoms with van der Waals surface area (Å²) in [6, 6.07) is 0. The third-order valence-electron chi connectivity index (χ3n) is 2.73. The van der Waals surface area contributed by atoms with Gasteiger partial charge in [-0.15, -0.1) is 0 Å². The van der Waals surface area contributed by atoms with Crippen LogP contribution in [-0.4, -0.2) is 28.5 Å². The largest absolute Gasteiger partial charge is 0.481 e. The Morgan fingerprint density at radius 1 is 1.50 bits per heavy atom. The van der Waals surface area contributed by atoms with Crippen molar-refractivity contribution in [2.24, 2.45) is 5.92 Å². The van der Waals surface area contributed by atoms with Gasteiger partial charge in [-0.2, -0.15) is 0 Å². The monoisotopic (exact) mass is 254 g/mol. The number of hydrogen-bond acceptors (Lipinski definition) is 4. The van der Waals surface area contributed by atoms with Crippen molar-refractivity contribution in [3.63, 3.8) is 0 Å². The van der Waals surface area contributed by atoms with Crippen LogP contribution < -0.4 is 5.32 Å². The van der Waals surface area contributed by atoms with Crippen molar-refractivity contribution < 1.29 is 19.1 Å². The lowest BCUT2D eigenvalue weighted by molar-refractivity contribution is -0.137. The maximum Gasteiger partial charge on any atom is 0.303 e. The zero-order valence-electron chi connectivity index (χ0n) is 10.6. The zero-order valence-corrected chi connectivity index (χ0v) is 10.6. The maximum atomic E-state index is 11.6. The first kappa shape index (κ1) is 14.2. The number of oxazole rings is 1. The molecule has 6 nitrogen and oxygen atoms in total. The predicted octanol–water partition coefficient (Wildman–Crippen LogP) is 1.60. The van der Waals surface area contributed by atoms with E-state index in [1.165, 1.54) is 6.39 Å². The first-order valence-corrected chi connectivity index (χ1v) is 5.90. The summed E-state index contributed by atoms with van der Waals surface area (Å²) in [7, 11) is 0. The van der Waals surface area contributed by atoms with Crippen molar-refractivity contribution in [1.82, 2.24) is 10.3 Å². The third-order valence-corrected chi connectivity index (χ3v) is 2.73. The highest BCUT2D eigenvalue weighted by molar-refractivity contribution is 5.92. The van der Waals surface area contributed by atoms with E-state index < -0.39 is 5.97 Å². The van der Waals surface area contributed by atoms with Crippen molar-refractivity contribution in [3.8, 4) is 0 Å². The highest BCUT2D eigenvalue weighted by Crippen LogP contribution is 2.10. The van der Waals surface area contributed by atoms with Crippen molar-refractivity contribution in [2.75, 3.05) is 6.54 Å². The van der Waals surface area contributed by atoms with E-state index in [2.05, 4.69) is 10.3 Å². The van der Waals surface area contributed by atoms with Gasteiger partial charge in [-0.1, -0.05) is 6.92 Å². The molecule has 0 spiro atoms. The maximum absolute atomic E-state index is 11.6. The lowest BCUT2D eigenvalue weighted by Gasteiger charge is -2.10. The van der Waals surface area contributed by atoms with E-state index in [-0.39, 0.29) is 24.0 Å². The average Bonchev–Trinajstić information content (AvgIpc) is 2.72. The highest BCUT2D eigenvalue weighted by Gasteiger charge is 2.13. The molecule has 6 heteroatoms. The summed E-state index contributed by atoms with van der Waals surface area (Å²) < 4.78 is 4.96. The number of rotatable bonds is 7. The summed E-state index contributed by atoms with van der Waals surface area (Å²) >= 11 is 0. The van der Waals surface area contributed by atoms with E-state index in [1.54, 1.807) is 6.92 Å². The molecule has 1 unspecified atom stereocenters. The molecule has 0 saturated carbocycles. The lowest BCUT2D eigenvalue weighted by atomic mass is 10.0. The van der Waals surface area contributed by atoms with Crippen LogP contribution in [0, 0.1) is 12.8 Å². The SMILES string of the molecule is Cc1ncoc1C(=O)NCCC(C)CCC(=O)O. The molecule has 0 radical (unpaired) electrons. The van der Waals surface area contributed by atoms with Crippen molar-refractivity contribution >= 4 is 11.9 Å². The number of carbonyl (C=O) groups is 2. The van der Waals surface area contributed by atoms with Gasteiger partial charge in [-0.05, 0) is 25.7 Å². The van der Waals surface area contributed by atoms with Gasteiger partial charge >= 0.3 is 5.97 Å². The molecule has 1 rings (SSSR count). The summed E-state index contributed by atoms with van der Waals surface area (Å²) in [5.41, 5.74) is 0.562. The van der Waals surface area contributed by atoms with Gasteiger partial charge in [-0.3, -0.25) is 9.59 Å². The normalized spacial score (nSPS) is 12.1. The summed E-state index contributed by atoms with van der Waals surface area (Å²) in [6.07, 6.45) is 2.76. The zero-order chi connectivity index (χ0) is 13.5. The average molecular weight is 254 g/mol. The molecule has 0 aromatic carbocycles. The van der Waals surface area contributed by atoms with Crippen LogP contribution in [-0.2, 0) is 4.79 Å². The van der Waals surface area contributed by atoms with Gasteiger partial charge in [0.1, 0.15) is 0 Å². The van der Waals surface area contributed by atoms with Crippen molar-refractivity contribution in [2.45, 2.75) is 33.1 Å². The lowest BCUT2D eigenvalue weighted by Crippen LogP contribution is -2.26. The molecule has 0 aliphatic carbocycles. The molecule has 2 N–H and O–H groups in total. The number of carboxylic acid groups (broad SMARTS) is 1. The van der Waals surface area contributed by atoms with Gasteiger partial charge in [0.05, 0.1) is 5.69 Å². The first-order valence-electron chi connectivity index (χ1n) is 5.90. The molecular weight excluding hydrogens is 236 g/mol. The molecule has 18 heavy (non-hydrogen) atoms. The summed E-state index contributed by atoms with van der Waals surface area (Å²) in [5, 5.41) is 11.3. The number of aromatic nitrogens is 1. The summed E-state index contributed by atoms with van der Waals surface area (Å²) in [4.78, 5) is 25.9. The minimum atomic E-state index is -0.789. The first-order chi connectivity index (χ1) is 8.50. The van der Waals surface area contributed by atoms with Crippen LogP contribution in [0.25, 0.3) is 0 Å². The number of aryl methyl sites for hydroxylation is 1. The fourth-order valence-corrected chi connectivity index (χ4v) is 1.55. The van der Waals surface area contributed by atoms with Crippen LogP contribution >= 0.6 is 0 Å². The Balaban J connectivity index is 2.24. The van der Waals surface area contributed by atoms with Crippen LogP contribution in [0.3, 0.4) is 0 Å². The molecule has 0 fully saturated rings. The molecule has 0 aliphatic heterocycles. The van der Waals surface area contributed by atoms with Crippen molar-refractivity contribution in [1.29, 1.82) is 0 Å². The molecule has 1 amide bonds. The standard InChI is InChI=1S/C12H18N2O4/c1-8(3-4-10(15)16)5-6-13-12(17)11-9(2)14-7-18-11/h7-8H,3-6H2,1-2H3,(H,13,17)(H,15,16). The number of hydrogen-bond donors (Lipinski definition) is 2. The van der Waals surface area contributed by atoms with Gasteiger partial charge < -0.3 is 14.8 Å². The fourth-order valence-electron chi connectivity index (χ4n) is 1.55. The van der Waals surface area contributed by atoms with Crippen LogP contribution in [0.5, 0.6) is 0 Å². The number of carbonyl (C=O) groups excluding carboxylic acids is 1. The minimum Gasteiger partial charge on any atom is -0.481 e. The molecule has 0 bridgehead atoms. The molecule has 1 atom stereocenters. The number of nitrogens with zero attached hydrogens (tertiary/aromatic N) is 1. The molecule has 0 aliphatic rings. The predicted molar refractivity (Wildman–Crippen MR) is 64.2 cm³/mol. The molecule has 1 aromatic heterocycles. The topological polar surface area (TPSA) is 92.4 Å². The molecule has 1 aromatic rings. The van der Waals surface area contributed by atoms with Gasteiger partial charge in [0.15, 0.2) is 6.39 Å². The number of carboxylic acids is 1. The Morgan fingerprint density at radius 3 is 2.78 bits per heavy atom. The van der Waals surface area contributed by atoms with E-state index in [4.69, 9.17) is 9.52 Å². The Labute approximate surface area is 105 Å².